The first kappa shape index (κ1) is 20.3. The Kier molecular flexibility index (Phi) is 5.95. The molecular weight excluding hydrogens is 392 g/mol. The van der Waals surface area contributed by atoms with Crippen LogP contribution in [-0.4, -0.2) is 26.7 Å². The van der Waals surface area contributed by atoms with E-state index in [0.717, 1.165) is 33.5 Å². The van der Waals surface area contributed by atoms with Crippen molar-refractivity contribution < 1.29 is 4.79 Å². The van der Waals surface area contributed by atoms with Crippen LogP contribution in [0.3, 0.4) is 0 Å². The monoisotopic (exact) mass is 418 g/mol. The number of pyridine rings is 1. The number of benzene rings is 1. The van der Waals surface area contributed by atoms with E-state index in [1.165, 1.54) is 0 Å². The zero-order chi connectivity index (χ0) is 21.1. The molecule has 0 bridgehead atoms. The third kappa shape index (κ3) is 4.28. The quantitative estimate of drug-likeness (QED) is 0.439. The summed E-state index contributed by atoms with van der Waals surface area (Å²) in [6.45, 7) is 6.92. The second-order valence-electron chi connectivity index (χ2n) is 8.03. The van der Waals surface area contributed by atoms with Gasteiger partial charge in [0.2, 0.25) is 0 Å². The van der Waals surface area contributed by atoms with Crippen LogP contribution in [0, 0.1) is 5.92 Å². The lowest BCUT2D eigenvalue weighted by Gasteiger charge is -2.15. The van der Waals surface area contributed by atoms with Gasteiger partial charge in [-0.3, -0.25) is 4.79 Å². The molecule has 5 nitrogen and oxygen atoms in total. The number of hydrogen-bond acceptors (Lipinski definition) is 4. The molecule has 0 aliphatic heterocycles. The molecule has 0 aliphatic rings. The number of hydrogen-bond donors (Lipinski definition) is 1. The number of aromatic nitrogens is 3. The number of thiophene rings is 1. The summed E-state index contributed by atoms with van der Waals surface area (Å²) in [5.74, 6) is 0.363. The van der Waals surface area contributed by atoms with Gasteiger partial charge in [-0.15, -0.1) is 11.3 Å². The molecule has 154 valence electrons. The highest BCUT2D eigenvalue weighted by Gasteiger charge is 2.23. The lowest BCUT2D eigenvalue weighted by Crippen LogP contribution is -2.34. The van der Waals surface area contributed by atoms with Crippen molar-refractivity contribution in [3.05, 3.63) is 71.4 Å². The van der Waals surface area contributed by atoms with Crippen LogP contribution in [0.15, 0.2) is 60.1 Å². The highest BCUT2D eigenvalue weighted by Crippen LogP contribution is 2.33. The number of nitrogens with zero attached hydrogens (tertiary/aromatic N) is 3. The largest absolute Gasteiger partial charge is 0.348 e. The smallest absolute Gasteiger partial charge is 0.272 e. The Morgan fingerprint density at radius 1 is 1.10 bits per heavy atom. The number of carbonyl (C=O) groups excluding carboxylic acids is 1. The van der Waals surface area contributed by atoms with E-state index in [-0.39, 0.29) is 11.9 Å². The maximum atomic E-state index is 13.2. The zero-order valence-corrected chi connectivity index (χ0v) is 18.3. The van der Waals surface area contributed by atoms with E-state index in [2.05, 4.69) is 42.3 Å². The Bertz CT molecular complexity index is 1130. The Morgan fingerprint density at radius 3 is 2.60 bits per heavy atom. The third-order valence-corrected chi connectivity index (χ3v) is 5.92. The molecule has 6 heteroatoms. The van der Waals surface area contributed by atoms with Gasteiger partial charge in [-0.2, -0.15) is 5.10 Å². The van der Waals surface area contributed by atoms with Crippen LogP contribution >= 0.6 is 11.3 Å². The van der Waals surface area contributed by atoms with Crippen LogP contribution in [0.4, 0.5) is 0 Å². The van der Waals surface area contributed by atoms with E-state index >= 15 is 0 Å². The summed E-state index contributed by atoms with van der Waals surface area (Å²) in [7, 11) is 0. The van der Waals surface area contributed by atoms with Crippen molar-refractivity contribution in [1.29, 1.82) is 0 Å². The Hall–Kier alpha value is -2.99. The molecule has 0 fully saturated rings. The van der Waals surface area contributed by atoms with Crippen LogP contribution in [0.25, 0.3) is 21.5 Å². The zero-order valence-electron chi connectivity index (χ0n) is 17.5. The summed E-state index contributed by atoms with van der Waals surface area (Å²) in [5.41, 5.74) is 3.28. The Labute approximate surface area is 180 Å². The van der Waals surface area contributed by atoms with Gasteiger partial charge in [0.15, 0.2) is 11.3 Å². The summed E-state index contributed by atoms with van der Waals surface area (Å²) < 4.78 is 1.84. The highest BCUT2D eigenvalue weighted by molar-refractivity contribution is 7.13. The molecule has 3 heterocycles. The molecule has 0 unspecified atom stereocenters. The van der Waals surface area contributed by atoms with Crippen molar-refractivity contribution in [2.24, 2.45) is 5.92 Å². The topological polar surface area (TPSA) is 59.8 Å². The average molecular weight is 419 g/mol. The number of rotatable bonds is 7. The predicted molar refractivity (Wildman–Crippen MR) is 123 cm³/mol. The molecule has 0 radical (unpaired) electrons. The lowest BCUT2D eigenvalue weighted by molar-refractivity contribution is 0.0932. The summed E-state index contributed by atoms with van der Waals surface area (Å²) in [6.07, 6.45) is 2.72. The first-order valence-corrected chi connectivity index (χ1v) is 11.1. The molecule has 1 aromatic carbocycles. The molecule has 30 heavy (non-hydrogen) atoms. The predicted octanol–water partition coefficient (Wildman–Crippen LogP) is 5.37. The second-order valence-corrected chi connectivity index (χ2v) is 8.98. The van der Waals surface area contributed by atoms with Gasteiger partial charge < -0.3 is 5.32 Å². The maximum absolute atomic E-state index is 13.2. The van der Waals surface area contributed by atoms with Gasteiger partial charge in [0.05, 0.1) is 11.9 Å². The van der Waals surface area contributed by atoms with E-state index < -0.39 is 0 Å². The molecule has 1 atom stereocenters. The summed E-state index contributed by atoms with van der Waals surface area (Å²) in [4.78, 5) is 18.9. The molecular formula is C24H26N4OS. The molecule has 0 saturated carbocycles. The van der Waals surface area contributed by atoms with Gasteiger partial charge in [0.1, 0.15) is 0 Å². The molecule has 3 aromatic heterocycles. The standard InChI is InChI=1S/C24H26N4OS/c1-16(2)14-17(3)26-24(29)22-21-19(20-10-7-13-30-20)11-12-25-23(21)28(27-22)15-18-8-5-4-6-9-18/h4-13,16-17H,14-15H2,1-3H3,(H,26,29)/t17-/m1/s1. The fourth-order valence-corrected chi connectivity index (χ4v) is 4.58. The fourth-order valence-electron chi connectivity index (χ4n) is 3.82. The van der Waals surface area contributed by atoms with Gasteiger partial charge in [0, 0.05) is 22.7 Å². The molecule has 0 spiro atoms. The number of carbonyl (C=O) groups is 1. The highest BCUT2D eigenvalue weighted by atomic mass is 32.1. The summed E-state index contributed by atoms with van der Waals surface area (Å²) in [6, 6.07) is 16.3. The lowest BCUT2D eigenvalue weighted by atomic mass is 10.0. The summed E-state index contributed by atoms with van der Waals surface area (Å²) in [5, 5.41) is 10.7. The third-order valence-electron chi connectivity index (χ3n) is 5.01. The normalized spacial score (nSPS) is 12.4. The molecule has 1 amide bonds. The van der Waals surface area contributed by atoms with Crippen molar-refractivity contribution in [2.75, 3.05) is 0 Å². The number of nitrogens with one attached hydrogen (secondary N) is 1. The molecule has 4 rings (SSSR count). The van der Waals surface area contributed by atoms with E-state index in [1.807, 2.05) is 47.3 Å². The van der Waals surface area contributed by atoms with Gasteiger partial charge in [0.25, 0.3) is 5.91 Å². The second kappa shape index (κ2) is 8.79. The Morgan fingerprint density at radius 2 is 1.90 bits per heavy atom. The van der Waals surface area contributed by atoms with Crippen LogP contribution in [0.5, 0.6) is 0 Å². The Balaban J connectivity index is 1.80. The van der Waals surface area contributed by atoms with Crippen molar-refractivity contribution in [1.82, 2.24) is 20.1 Å². The molecule has 0 aliphatic carbocycles. The van der Waals surface area contributed by atoms with E-state index in [9.17, 15) is 4.79 Å². The minimum absolute atomic E-state index is 0.0775. The van der Waals surface area contributed by atoms with Crippen LogP contribution in [0.1, 0.15) is 43.2 Å². The SMILES string of the molecule is CC(C)C[C@@H](C)NC(=O)c1nn(Cc2ccccc2)c2nccc(-c3cccs3)c12. The van der Waals surface area contributed by atoms with Crippen molar-refractivity contribution in [2.45, 2.75) is 39.8 Å². The molecule has 0 saturated heterocycles. The first-order chi connectivity index (χ1) is 14.5. The first-order valence-electron chi connectivity index (χ1n) is 10.3. The van der Waals surface area contributed by atoms with Gasteiger partial charge >= 0.3 is 0 Å². The van der Waals surface area contributed by atoms with Crippen LogP contribution < -0.4 is 5.32 Å². The average Bonchev–Trinajstić information content (AvgIpc) is 3.37. The van der Waals surface area contributed by atoms with E-state index in [4.69, 9.17) is 5.10 Å². The summed E-state index contributed by atoms with van der Waals surface area (Å²) >= 11 is 1.65. The van der Waals surface area contributed by atoms with E-state index in [0.29, 0.717) is 18.2 Å². The molecule has 4 aromatic rings. The minimum atomic E-state index is -0.147. The van der Waals surface area contributed by atoms with Gasteiger partial charge in [-0.25, -0.2) is 9.67 Å². The number of amides is 1. The van der Waals surface area contributed by atoms with Crippen molar-refractivity contribution in [3.8, 4) is 10.4 Å². The van der Waals surface area contributed by atoms with Gasteiger partial charge in [-0.1, -0.05) is 50.2 Å². The fraction of sp³-hybridized carbons (Fsp3) is 0.292. The number of fused-ring (bicyclic) bond motifs is 1. The van der Waals surface area contributed by atoms with Crippen LogP contribution in [0.2, 0.25) is 0 Å². The van der Waals surface area contributed by atoms with Crippen molar-refractivity contribution >= 4 is 28.3 Å². The van der Waals surface area contributed by atoms with Gasteiger partial charge in [-0.05, 0) is 42.3 Å². The van der Waals surface area contributed by atoms with Crippen molar-refractivity contribution in [3.63, 3.8) is 0 Å². The van der Waals surface area contributed by atoms with Crippen LogP contribution in [-0.2, 0) is 6.54 Å². The molecule has 1 N–H and O–H groups in total. The van der Waals surface area contributed by atoms with E-state index in [1.54, 1.807) is 17.5 Å². The maximum Gasteiger partial charge on any atom is 0.272 e. The minimum Gasteiger partial charge on any atom is -0.348 e.